The van der Waals surface area contributed by atoms with Gasteiger partial charge in [-0.1, -0.05) is 0 Å². The third-order valence-electron chi connectivity index (χ3n) is 2.40. The van der Waals surface area contributed by atoms with Crippen molar-refractivity contribution in [2.45, 2.75) is 18.6 Å². The van der Waals surface area contributed by atoms with E-state index in [2.05, 4.69) is 17.4 Å². The van der Waals surface area contributed by atoms with Crippen LogP contribution in [0.3, 0.4) is 0 Å². The summed E-state index contributed by atoms with van der Waals surface area (Å²) < 4.78 is 31.5. The number of aliphatic hydroxyl groups excluding tert-OH is 2. The van der Waals surface area contributed by atoms with Gasteiger partial charge in [0.1, 0.15) is 6.10 Å². The van der Waals surface area contributed by atoms with Crippen LogP contribution in [0.1, 0.15) is 18.1 Å². The fraction of sp³-hybridized carbons (Fsp3) is 0.455. The van der Waals surface area contributed by atoms with Crippen LogP contribution in [0.4, 0.5) is 8.78 Å². The molecule has 0 aliphatic rings. The van der Waals surface area contributed by atoms with Crippen molar-refractivity contribution in [3.05, 3.63) is 29.3 Å². The quantitative estimate of drug-likeness (QED) is 0.709. The first kappa shape index (κ1) is 14.2. The van der Waals surface area contributed by atoms with E-state index in [0.717, 1.165) is 0 Å². The van der Waals surface area contributed by atoms with Crippen LogP contribution < -0.4 is 4.74 Å². The molecule has 0 aromatic heterocycles. The summed E-state index contributed by atoms with van der Waals surface area (Å²) in [4.78, 5) is 0. The molecule has 6 heteroatoms. The summed E-state index contributed by atoms with van der Waals surface area (Å²) in [7, 11) is 1.21. The molecule has 2 unspecified atom stereocenters. The van der Waals surface area contributed by atoms with Crippen molar-refractivity contribution in [3.8, 4) is 5.75 Å². The highest BCUT2D eigenvalue weighted by Crippen LogP contribution is 2.28. The van der Waals surface area contributed by atoms with Gasteiger partial charge < -0.3 is 14.9 Å². The van der Waals surface area contributed by atoms with Crippen LogP contribution in [0, 0.1) is 11.6 Å². The summed E-state index contributed by atoms with van der Waals surface area (Å²) in [6, 6.07) is 2.38. The second kappa shape index (κ2) is 6.18. The summed E-state index contributed by atoms with van der Waals surface area (Å²) in [5.41, 5.74) is -0.294. The monoisotopic (exact) mass is 264 g/mol. The number of rotatable bonds is 5. The molecule has 0 heterocycles. The molecule has 0 aliphatic carbocycles. The van der Waals surface area contributed by atoms with Crippen molar-refractivity contribution in [3.63, 3.8) is 0 Å². The summed E-state index contributed by atoms with van der Waals surface area (Å²) in [6.45, 7) is 0. The highest BCUT2D eigenvalue weighted by atomic mass is 32.1. The molecule has 2 N–H and O–H groups in total. The number of hydrogen-bond acceptors (Lipinski definition) is 4. The highest BCUT2D eigenvalue weighted by molar-refractivity contribution is 7.80. The van der Waals surface area contributed by atoms with Crippen LogP contribution in [0.25, 0.3) is 0 Å². The van der Waals surface area contributed by atoms with E-state index in [-0.39, 0.29) is 17.7 Å². The van der Waals surface area contributed by atoms with E-state index in [4.69, 9.17) is 0 Å². The van der Waals surface area contributed by atoms with Crippen LogP contribution in [-0.2, 0) is 0 Å². The van der Waals surface area contributed by atoms with E-state index in [0.29, 0.717) is 5.75 Å². The van der Waals surface area contributed by atoms with E-state index in [1.165, 1.54) is 19.2 Å². The molecule has 0 fully saturated rings. The van der Waals surface area contributed by atoms with Gasteiger partial charge in [-0.2, -0.15) is 17.0 Å². The zero-order valence-corrected chi connectivity index (χ0v) is 10.1. The van der Waals surface area contributed by atoms with Gasteiger partial charge in [0.25, 0.3) is 0 Å². The number of benzene rings is 1. The molecule has 1 rings (SSSR count). The van der Waals surface area contributed by atoms with Crippen LogP contribution in [0.2, 0.25) is 0 Å². The molecular weight excluding hydrogens is 250 g/mol. The van der Waals surface area contributed by atoms with Gasteiger partial charge in [0.2, 0.25) is 5.82 Å². The summed E-state index contributed by atoms with van der Waals surface area (Å²) >= 11 is 3.89. The third-order valence-corrected chi connectivity index (χ3v) is 2.66. The van der Waals surface area contributed by atoms with Gasteiger partial charge >= 0.3 is 0 Å². The predicted molar refractivity (Wildman–Crippen MR) is 62.3 cm³/mol. The number of thiol groups is 1. The Morgan fingerprint density at radius 3 is 2.47 bits per heavy atom. The van der Waals surface area contributed by atoms with Gasteiger partial charge in [-0.25, -0.2) is 4.39 Å². The minimum atomic E-state index is -1.48. The molecule has 1 aromatic carbocycles. The van der Waals surface area contributed by atoms with Crippen LogP contribution in [-0.4, -0.2) is 29.2 Å². The Kier molecular flexibility index (Phi) is 5.17. The van der Waals surface area contributed by atoms with E-state index in [1.54, 1.807) is 0 Å². The Hall–Kier alpha value is -0.850. The lowest BCUT2D eigenvalue weighted by Gasteiger charge is -2.18. The number of ether oxygens (including phenoxy) is 1. The molecule has 1 aromatic rings. The standard InChI is InChI=1S/C11H14F2O3S/c1-16-8-3-2-6(9(12)10(8)13)11(15)7(14)4-5-17/h2-3,7,11,14-15,17H,4-5H2,1H3. The van der Waals surface area contributed by atoms with E-state index >= 15 is 0 Å². The average Bonchev–Trinajstić information content (AvgIpc) is 2.32. The van der Waals surface area contributed by atoms with Crippen LogP contribution in [0.15, 0.2) is 12.1 Å². The maximum absolute atomic E-state index is 13.6. The van der Waals surface area contributed by atoms with E-state index < -0.39 is 23.8 Å². The van der Waals surface area contributed by atoms with Gasteiger partial charge in [-0.15, -0.1) is 0 Å². The maximum atomic E-state index is 13.6. The number of aliphatic hydroxyl groups is 2. The number of methoxy groups -OCH3 is 1. The van der Waals surface area contributed by atoms with Gasteiger partial charge in [0, 0.05) is 5.56 Å². The Morgan fingerprint density at radius 2 is 1.94 bits per heavy atom. The largest absolute Gasteiger partial charge is 0.494 e. The Bertz CT molecular complexity index is 387. The Morgan fingerprint density at radius 1 is 1.29 bits per heavy atom. The fourth-order valence-electron chi connectivity index (χ4n) is 1.43. The number of hydrogen-bond donors (Lipinski definition) is 3. The minimum Gasteiger partial charge on any atom is -0.494 e. The van der Waals surface area contributed by atoms with Crippen molar-refractivity contribution >= 4 is 12.6 Å². The molecule has 0 saturated carbocycles. The molecule has 0 bridgehead atoms. The molecule has 0 saturated heterocycles. The molecule has 0 aliphatic heterocycles. The van der Waals surface area contributed by atoms with Crippen molar-refractivity contribution < 1.29 is 23.7 Å². The van der Waals surface area contributed by atoms with Gasteiger partial charge in [0.05, 0.1) is 13.2 Å². The van der Waals surface area contributed by atoms with Crippen LogP contribution >= 0.6 is 12.6 Å². The second-order valence-corrected chi connectivity index (χ2v) is 3.96. The van der Waals surface area contributed by atoms with Crippen molar-refractivity contribution in [2.24, 2.45) is 0 Å². The van der Waals surface area contributed by atoms with Crippen molar-refractivity contribution in [2.75, 3.05) is 12.9 Å². The van der Waals surface area contributed by atoms with Crippen molar-refractivity contribution in [1.82, 2.24) is 0 Å². The highest BCUT2D eigenvalue weighted by Gasteiger charge is 2.24. The predicted octanol–water partition coefficient (Wildman–Crippen LogP) is 1.69. The van der Waals surface area contributed by atoms with Crippen molar-refractivity contribution in [1.29, 1.82) is 0 Å². The molecule has 96 valence electrons. The first-order chi connectivity index (χ1) is 8.02. The minimum absolute atomic E-state index is 0.178. The van der Waals surface area contributed by atoms with Gasteiger partial charge in [-0.3, -0.25) is 0 Å². The lowest BCUT2D eigenvalue weighted by Crippen LogP contribution is -2.20. The average molecular weight is 264 g/mol. The van der Waals surface area contributed by atoms with Crippen LogP contribution in [0.5, 0.6) is 5.75 Å². The molecular formula is C11H14F2O3S. The zero-order chi connectivity index (χ0) is 13.0. The SMILES string of the molecule is COc1ccc(C(O)C(O)CCS)c(F)c1F. The summed E-state index contributed by atoms with van der Waals surface area (Å²) in [5, 5.41) is 19.2. The normalized spacial score (nSPS) is 14.5. The smallest absolute Gasteiger partial charge is 0.200 e. The molecule has 3 nitrogen and oxygen atoms in total. The lowest BCUT2D eigenvalue weighted by atomic mass is 10.0. The topological polar surface area (TPSA) is 49.7 Å². The molecule has 17 heavy (non-hydrogen) atoms. The van der Waals surface area contributed by atoms with Gasteiger partial charge in [-0.05, 0) is 24.3 Å². The molecule has 0 spiro atoms. The molecule has 2 atom stereocenters. The maximum Gasteiger partial charge on any atom is 0.200 e. The first-order valence-electron chi connectivity index (χ1n) is 5.01. The molecule has 0 amide bonds. The Balaban J connectivity index is 3.03. The summed E-state index contributed by atoms with van der Waals surface area (Å²) in [5.74, 6) is -2.31. The van der Waals surface area contributed by atoms with Gasteiger partial charge in [0.15, 0.2) is 11.6 Å². The Labute approximate surface area is 103 Å². The third kappa shape index (κ3) is 3.08. The number of halogens is 2. The first-order valence-corrected chi connectivity index (χ1v) is 5.65. The fourth-order valence-corrected chi connectivity index (χ4v) is 1.69. The summed E-state index contributed by atoms with van der Waals surface area (Å²) in [6.07, 6.45) is -2.49. The second-order valence-electron chi connectivity index (χ2n) is 3.51. The van der Waals surface area contributed by atoms with E-state index in [1.807, 2.05) is 0 Å². The molecule has 0 radical (unpaired) electrons. The lowest BCUT2D eigenvalue weighted by molar-refractivity contribution is 0.0147. The van der Waals surface area contributed by atoms with E-state index in [9.17, 15) is 19.0 Å². The zero-order valence-electron chi connectivity index (χ0n) is 9.23.